The van der Waals surface area contributed by atoms with E-state index in [-0.39, 0.29) is 5.41 Å². The summed E-state index contributed by atoms with van der Waals surface area (Å²) in [5.74, 6) is 0.636. The predicted molar refractivity (Wildman–Crippen MR) is 77.5 cm³/mol. The molecule has 1 N–H and O–H groups in total. The van der Waals surface area contributed by atoms with E-state index in [0.29, 0.717) is 24.4 Å². The van der Waals surface area contributed by atoms with Gasteiger partial charge in [-0.25, -0.2) is 4.79 Å². The van der Waals surface area contributed by atoms with E-state index in [0.717, 1.165) is 12.2 Å². The van der Waals surface area contributed by atoms with Crippen LogP contribution in [0, 0.1) is 0 Å². The van der Waals surface area contributed by atoms with Gasteiger partial charge in [0.25, 0.3) is 0 Å². The van der Waals surface area contributed by atoms with Crippen LogP contribution in [0.25, 0.3) is 5.65 Å². The maximum absolute atomic E-state index is 11.3. The van der Waals surface area contributed by atoms with Crippen molar-refractivity contribution in [1.29, 1.82) is 0 Å². The lowest BCUT2D eigenvalue weighted by Crippen LogP contribution is -2.36. The van der Waals surface area contributed by atoms with Crippen LogP contribution in [0.4, 0.5) is 5.82 Å². The van der Waals surface area contributed by atoms with E-state index in [1.807, 2.05) is 37.8 Å². The first kappa shape index (κ1) is 13.8. The van der Waals surface area contributed by atoms with Crippen LogP contribution < -0.4 is 4.90 Å². The van der Waals surface area contributed by atoms with Gasteiger partial charge in [0, 0.05) is 12.0 Å². The highest BCUT2D eigenvalue weighted by Crippen LogP contribution is 2.26. The highest BCUT2D eigenvalue weighted by Gasteiger charge is 2.32. The van der Waals surface area contributed by atoms with Gasteiger partial charge in [0.15, 0.2) is 11.5 Å². The summed E-state index contributed by atoms with van der Waals surface area (Å²) in [6, 6.07) is 3.16. The van der Waals surface area contributed by atoms with Gasteiger partial charge < -0.3 is 10.0 Å². The van der Waals surface area contributed by atoms with Crippen LogP contribution in [0.3, 0.4) is 0 Å². The number of carboxylic acids is 1. The third-order valence-corrected chi connectivity index (χ3v) is 3.75. The van der Waals surface area contributed by atoms with Crippen LogP contribution in [0.2, 0.25) is 0 Å². The standard InChI is InChI=1S/C14H19N5O2/c1-14(2,3)13-16-15-10-6-7-11(17-19(10)13)18-8-4-5-9(18)12(20)21/h6-7,9H,4-5,8H2,1-3H3,(H,20,21)/t9-/m1/s1. The Labute approximate surface area is 122 Å². The van der Waals surface area contributed by atoms with Crippen LogP contribution in [-0.2, 0) is 10.2 Å². The summed E-state index contributed by atoms with van der Waals surface area (Å²) in [5, 5.41) is 22.2. The molecule has 0 bridgehead atoms. The fourth-order valence-electron chi connectivity index (χ4n) is 2.70. The van der Waals surface area contributed by atoms with Gasteiger partial charge in [-0.2, -0.15) is 4.52 Å². The second-order valence-electron chi connectivity index (χ2n) is 6.42. The molecule has 1 saturated heterocycles. The molecule has 0 aromatic carbocycles. The highest BCUT2D eigenvalue weighted by molar-refractivity contribution is 5.78. The Morgan fingerprint density at radius 1 is 1.33 bits per heavy atom. The lowest BCUT2D eigenvalue weighted by Gasteiger charge is -2.22. The molecule has 1 atom stereocenters. The zero-order chi connectivity index (χ0) is 15.2. The van der Waals surface area contributed by atoms with Gasteiger partial charge in [-0.1, -0.05) is 20.8 Å². The molecule has 112 valence electrons. The summed E-state index contributed by atoms with van der Waals surface area (Å²) in [5.41, 5.74) is 0.497. The Kier molecular flexibility index (Phi) is 3.07. The number of fused-ring (bicyclic) bond motifs is 1. The Morgan fingerprint density at radius 2 is 2.10 bits per heavy atom. The summed E-state index contributed by atoms with van der Waals surface area (Å²) in [4.78, 5) is 13.2. The molecule has 3 heterocycles. The van der Waals surface area contributed by atoms with Gasteiger partial charge in [-0.05, 0) is 25.0 Å². The van der Waals surface area contributed by atoms with Crippen molar-refractivity contribution in [2.75, 3.05) is 11.4 Å². The van der Waals surface area contributed by atoms with Crippen molar-refractivity contribution in [3.63, 3.8) is 0 Å². The number of rotatable bonds is 2. The van der Waals surface area contributed by atoms with Crippen molar-refractivity contribution in [3.05, 3.63) is 18.0 Å². The summed E-state index contributed by atoms with van der Waals surface area (Å²) >= 11 is 0. The number of aromatic nitrogens is 4. The molecule has 0 amide bonds. The third kappa shape index (κ3) is 2.32. The quantitative estimate of drug-likeness (QED) is 0.901. The molecule has 0 aliphatic carbocycles. The average molecular weight is 289 g/mol. The molecule has 0 unspecified atom stereocenters. The maximum atomic E-state index is 11.3. The first-order chi connectivity index (χ1) is 9.88. The molecule has 0 radical (unpaired) electrons. The molecule has 21 heavy (non-hydrogen) atoms. The Morgan fingerprint density at radius 3 is 2.76 bits per heavy atom. The number of aliphatic carboxylic acids is 1. The Balaban J connectivity index is 2.06. The minimum absolute atomic E-state index is 0.178. The largest absolute Gasteiger partial charge is 0.480 e. The van der Waals surface area contributed by atoms with Crippen molar-refractivity contribution in [1.82, 2.24) is 19.8 Å². The smallest absolute Gasteiger partial charge is 0.326 e. The van der Waals surface area contributed by atoms with Crippen LogP contribution in [0.5, 0.6) is 0 Å². The molecule has 7 nitrogen and oxygen atoms in total. The minimum Gasteiger partial charge on any atom is -0.480 e. The van der Waals surface area contributed by atoms with Gasteiger partial charge >= 0.3 is 5.97 Å². The lowest BCUT2D eigenvalue weighted by atomic mass is 9.96. The topological polar surface area (TPSA) is 83.6 Å². The van der Waals surface area contributed by atoms with Crippen molar-refractivity contribution in [3.8, 4) is 0 Å². The number of hydrogen-bond donors (Lipinski definition) is 1. The monoisotopic (exact) mass is 289 g/mol. The molecule has 3 rings (SSSR count). The van der Waals surface area contributed by atoms with Gasteiger partial charge in [0.2, 0.25) is 0 Å². The fraction of sp³-hybridized carbons (Fsp3) is 0.571. The van der Waals surface area contributed by atoms with Crippen LogP contribution in [-0.4, -0.2) is 43.5 Å². The number of nitrogens with zero attached hydrogens (tertiary/aromatic N) is 5. The minimum atomic E-state index is -0.797. The lowest BCUT2D eigenvalue weighted by molar-refractivity contribution is -0.138. The summed E-state index contributed by atoms with van der Waals surface area (Å²) in [7, 11) is 0. The molecule has 1 aliphatic rings. The van der Waals surface area contributed by atoms with E-state index >= 15 is 0 Å². The highest BCUT2D eigenvalue weighted by atomic mass is 16.4. The molecule has 1 aliphatic heterocycles. The number of carboxylic acid groups (broad SMARTS) is 1. The molecule has 0 spiro atoms. The zero-order valence-electron chi connectivity index (χ0n) is 12.4. The van der Waals surface area contributed by atoms with Crippen molar-refractivity contribution >= 4 is 17.4 Å². The SMILES string of the molecule is CC(C)(C)c1nnc2ccc(N3CCC[C@@H]3C(=O)O)nn12. The van der Waals surface area contributed by atoms with Gasteiger partial charge in [-0.15, -0.1) is 15.3 Å². The van der Waals surface area contributed by atoms with E-state index in [1.54, 1.807) is 4.52 Å². The second-order valence-corrected chi connectivity index (χ2v) is 6.42. The van der Waals surface area contributed by atoms with Crippen molar-refractivity contribution in [2.45, 2.75) is 45.1 Å². The molecule has 2 aromatic rings. The number of hydrogen-bond acceptors (Lipinski definition) is 5. The third-order valence-electron chi connectivity index (χ3n) is 3.75. The Hall–Kier alpha value is -2.18. The van der Waals surface area contributed by atoms with E-state index in [2.05, 4.69) is 15.3 Å². The molecule has 0 saturated carbocycles. The molecular formula is C14H19N5O2. The molecule has 1 fully saturated rings. The van der Waals surface area contributed by atoms with Crippen LogP contribution in [0.1, 0.15) is 39.4 Å². The first-order valence-corrected chi connectivity index (χ1v) is 7.10. The van der Waals surface area contributed by atoms with Crippen LogP contribution >= 0.6 is 0 Å². The van der Waals surface area contributed by atoms with E-state index in [9.17, 15) is 9.90 Å². The Bertz CT molecular complexity index is 688. The number of anilines is 1. The van der Waals surface area contributed by atoms with E-state index in [4.69, 9.17) is 0 Å². The van der Waals surface area contributed by atoms with E-state index < -0.39 is 12.0 Å². The maximum Gasteiger partial charge on any atom is 0.326 e. The zero-order valence-corrected chi connectivity index (χ0v) is 12.4. The van der Waals surface area contributed by atoms with E-state index in [1.165, 1.54) is 0 Å². The molecule has 7 heteroatoms. The average Bonchev–Trinajstić information content (AvgIpc) is 3.03. The van der Waals surface area contributed by atoms with Gasteiger partial charge in [0.05, 0.1) is 0 Å². The summed E-state index contributed by atoms with van der Waals surface area (Å²) in [6.45, 7) is 6.86. The first-order valence-electron chi connectivity index (χ1n) is 7.10. The van der Waals surface area contributed by atoms with Crippen molar-refractivity contribution < 1.29 is 9.90 Å². The number of carbonyl (C=O) groups is 1. The fourth-order valence-corrected chi connectivity index (χ4v) is 2.70. The second kappa shape index (κ2) is 4.68. The predicted octanol–water partition coefficient (Wildman–Crippen LogP) is 1.48. The normalized spacial score (nSPS) is 19.4. The summed E-state index contributed by atoms with van der Waals surface area (Å²) in [6.07, 6.45) is 1.52. The van der Waals surface area contributed by atoms with Gasteiger partial charge in [0.1, 0.15) is 11.9 Å². The van der Waals surface area contributed by atoms with Crippen LogP contribution in [0.15, 0.2) is 12.1 Å². The van der Waals surface area contributed by atoms with Crippen molar-refractivity contribution in [2.24, 2.45) is 0 Å². The van der Waals surface area contributed by atoms with Gasteiger partial charge in [-0.3, -0.25) is 0 Å². The molecule has 2 aromatic heterocycles. The summed E-state index contributed by atoms with van der Waals surface area (Å²) < 4.78 is 1.71. The molecular weight excluding hydrogens is 270 g/mol.